The molecule has 0 aliphatic heterocycles. The number of nitriles is 1. The molecule has 0 saturated carbocycles. The summed E-state index contributed by atoms with van der Waals surface area (Å²) in [6.07, 6.45) is 0. The number of phenolic OH excluding ortho intramolecular Hbond substituents is 1. The van der Waals surface area contributed by atoms with Crippen LogP contribution >= 0.6 is 12.4 Å². The minimum absolute atomic E-state index is 0. The highest BCUT2D eigenvalue weighted by atomic mass is 35.5. The molecule has 0 heterocycles. The molecule has 0 spiro atoms. The lowest BCUT2D eigenvalue weighted by atomic mass is 10.0. The van der Waals surface area contributed by atoms with Crippen LogP contribution in [0.3, 0.4) is 0 Å². The molecule has 0 radical (unpaired) electrons. The van der Waals surface area contributed by atoms with Crippen molar-refractivity contribution in [3.63, 3.8) is 0 Å². The Hall–Kier alpha value is -1.88. The molecule has 0 bridgehead atoms. The fourth-order valence-corrected chi connectivity index (χ4v) is 1.23. The Kier molecular flexibility index (Phi) is 5.34. The summed E-state index contributed by atoms with van der Waals surface area (Å²) in [6, 6.07) is 2.91. The van der Waals surface area contributed by atoms with Crippen LogP contribution in [0.25, 0.3) is 0 Å². The van der Waals surface area contributed by atoms with E-state index in [-0.39, 0.29) is 23.5 Å². The number of nitro groups is 1. The topological polar surface area (TPSA) is 133 Å². The number of rotatable bonds is 3. The molecular formula is C9H10ClN3O4. The second kappa shape index (κ2) is 6.00. The van der Waals surface area contributed by atoms with Gasteiger partial charge in [-0.2, -0.15) is 5.26 Å². The molecule has 0 saturated heterocycles. The van der Waals surface area contributed by atoms with Gasteiger partial charge in [0.05, 0.1) is 29.2 Å². The lowest BCUT2D eigenvalue weighted by Gasteiger charge is -2.10. The first-order chi connectivity index (χ1) is 7.51. The predicted octanol–water partition coefficient (Wildman–Crippen LogP) is 0.586. The van der Waals surface area contributed by atoms with E-state index in [9.17, 15) is 15.2 Å². The third-order valence-electron chi connectivity index (χ3n) is 2.04. The average molecular weight is 260 g/mol. The first-order valence-electron chi connectivity index (χ1n) is 4.29. The summed E-state index contributed by atoms with van der Waals surface area (Å²) < 4.78 is 0. The van der Waals surface area contributed by atoms with Gasteiger partial charge in [-0.25, -0.2) is 0 Å². The maximum absolute atomic E-state index is 10.6. The van der Waals surface area contributed by atoms with E-state index in [1.807, 2.05) is 0 Å². The molecule has 1 rings (SSSR count). The van der Waals surface area contributed by atoms with Crippen LogP contribution in [0.1, 0.15) is 17.2 Å². The molecule has 1 aromatic carbocycles. The van der Waals surface area contributed by atoms with Crippen molar-refractivity contribution in [3.05, 3.63) is 33.4 Å². The molecular weight excluding hydrogens is 250 g/mol. The van der Waals surface area contributed by atoms with Gasteiger partial charge < -0.3 is 15.9 Å². The fraction of sp³-hybridized carbons (Fsp3) is 0.222. The first-order valence-corrected chi connectivity index (χ1v) is 4.29. The summed E-state index contributed by atoms with van der Waals surface area (Å²) in [5.41, 5.74) is 4.83. The van der Waals surface area contributed by atoms with Crippen molar-refractivity contribution in [2.45, 2.75) is 6.04 Å². The lowest BCUT2D eigenvalue weighted by molar-refractivity contribution is -0.386. The van der Waals surface area contributed by atoms with Gasteiger partial charge in [-0.05, 0) is 6.07 Å². The molecule has 4 N–H and O–H groups in total. The molecule has 0 aliphatic carbocycles. The Morgan fingerprint density at radius 1 is 1.59 bits per heavy atom. The van der Waals surface area contributed by atoms with Gasteiger partial charge in [0.2, 0.25) is 0 Å². The van der Waals surface area contributed by atoms with E-state index in [1.54, 1.807) is 6.07 Å². The van der Waals surface area contributed by atoms with Crippen molar-refractivity contribution in [3.8, 4) is 11.8 Å². The molecule has 0 fully saturated rings. The summed E-state index contributed by atoms with van der Waals surface area (Å²) in [4.78, 5) is 9.77. The van der Waals surface area contributed by atoms with Crippen LogP contribution in [0.2, 0.25) is 0 Å². The van der Waals surface area contributed by atoms with E-state index in [1.165, 1.54) is 6.07 Å². The van der Waals surface area contributed by atoms with E-state index in [0.717, 1.165) is 6.07 Å². The molecule has 1 aromatic rings. The van der Waals surface area contributed by atoms with Gasteiger partial charge in [-0.3, -0.25) is 10.1 Å². The zero-order chi connectivity index (χ0) is 12.3. The Bertz CT molecular complexity index is 472. The highest BCUT2D eigenvalue weighted by molar-refractivity contribution is 5.85. The average Bonchev–Trinajstić information content (AvgIpc) is 2.28. The minimum Gasteiger partial charge on any atom is -0.502 e. The van der Waals surface area contributed by atoms with E-state index < -0.39 is 29.0 Å². The first kappa shape index (κ1) is 15.1. The molecule has 0 aromatic heterocycles. The number of aliphatic hydroxyl groups excluding tert-OH is 1. The monoisotopic (exact) mass is 259 g/mol. The van der Waals surface area contributed by atoms with Crippen molar-refractivity contribution in [1.29, 1.82) is 5.26 Å². The number of halogens is 1. The van der Waals surface area contributed by atoms with Gasteiger partial charge >= 0.3 is 5.69 Å². The Morgan fingerprint density at radius 2 is 2.18 bits per heavy atom. The van der Waals surface area contributed by atoms with Crippen molar-refractivity contribution in [2.24, 2.45) is 5.73 Å². The van der Waals surface area contributed by atoms with Crippen molar-refractivity contribution >= 4 is 18.1 Å². The zero-order valence-electron chi connectivity index (χ0n) is 8.53. The summed E-state index contributed by atoms with van der Waals surface area (Å²) in [5.74, 6) is -0.620. The van der Waals surface area contributed by atoms with Crippen LogP contribution in [0.4, 0.5) is 5.69 Å². The number of benzene rings is 1. The normalized spacial score (nSPS) is 11.1. The molecule has 92 valence electrons. The van der Waals surface area contributed by atoms with Crippen LogP contribution in [0.15, 0.2) is 12.1 Å². The standard InChI is InChI=1S/C9H9N3O4.ClH/c10-3-5-1-6(7(11)4-13)9(14)8(2-5)12(15)16;/h1-2,7,13-14H,4,11H2;1H/t7-;/m1./s1. The van der Waals surface area contributed by atoms with Crippen LogP contribution in [-0.4, -0.2) is 21.7 Å². The maximum atomic E-state index is 10.6. The quantitative estimate of drug-likeness (QED) is 0.537. The number of aromatic hydroxyl groups is 1. The van der Waals surface area contributed by atoms with Gasteiger partial charge in [0.25, 0.3) is 0 Å². The smallest absolute Gasteiger partial charge is 0.312 e. The number of nitro benzene ring substituents is 1. The van der Waals surface area contributed by atoms with E-state index >= 15 is 0 Å². The number of nitrogens with zero attached hydrogens (tertiary/aromatic N) is 2. The van der Waals surface area contributed by atoms with Crippen LogP contribution in [0.5, 0.6) is 5.75 Å². The van der Waals surface area contributed by atoms with Crippen LogP contribution < -0.4 is 5.73 Å². The number of aliphatic hydroxyl groups is 1. The minimum atomic E-state index is -0.966. The fourth-order valence-electron chi connectivity index (χ4n) is 1.23. The number of phenols is 1. The van der Waals surface area contributed by atoms with Gasteiger partial charge in [0.1, 0.15) is 0 Å². The van der Waals surface area contributed by atoms with E-state index in [2.05, 4.69) is 0 Å². The summed E-state index contributed by atoms with van der Waals surface area (Å²) in [6.45, 7) is -0.487. The van der Waals surface area contributed by atoms with Gasteiger partial charge in [-0.1, -0.05) is 0 Å². The molecule has 7 nitrogen and oxygen atoms in total. The summed E-state index contributed by atoms with van der Waals surface area (Å²) in [7, 11) is 0. The Morgan fingerprint density at radius 3 is 2.59 bits per heavy atom. The van der Waals surface area contributed by atoms with Crippen molar-refractivity contribution in [1.82, 2.24) is 0 Å². The second-order valence-corrected chi connectivity index (χ2v) is 3.09. The predicted molar refractivity (Wildman–Crippen MR) is 60.7 cm³/mol. The number of hydrogen-bond donors (Lipinski definition) is 3. The third kappa shape index (κ3) is 3.04. The highest BCUT2D eigenvalue weighted by Gasteiger charge is 2.22. The Balaban J connectivity index is 0.00000256. The molecule has 17 heavy (non-hydrogen) atoms. The Labute approximate surface area is 103 Å². The molecule has 1 atom stereocenters. The van der Waals surface area contributed by atoms with Gasteiger partial charge in [0, 0.05) is 11.6 Å². The van der Waals surface area contributed by atoms with Gasteiger partial charge in [0.15, 0.2) is 5.75 Å². The van der Waals surface area contributed by atoms with Gasteiger partial charge in [-0.15, -0.1) is 12.4 Å². The lowest BCUT2D eigenvalue weighted by Crippen LogP contribution is -2.15. The van der Waals surface area contributed by atoms with Crippen LogP contribution in [0, 0.1) is 21.4 Å². The number of hydrogen-bond acceptors (Lipinski definition) is 6. The largest absolute Gasteiger partial charge is 0.502 e. The zero-order valence-corrected chi connectivity index (χ0v) is 9.35. The SMILES string of the molecule is Cl.N#Cc1cc([C@H](N)CO)c(O)c([N+](=O)[O-])c1. The summed E-state index contributed by atoms with van der Waals surface area (Å²) >= 11 is 0. The van der Waals surface area contributed by atoms with Crippen molar-refractivity contribution < 1.29 is 15.1 Å². The molecule has 0 aliphatic rings. The third-order valence-corrected chi connectivity index (χ3v) is 2.04. The molecule has 8 heteroatoms. The highest BCUT2D eigenvalue weighted by Crippen LogP contribution is 2.33. The molecule has 0 amide bonds. The van der Waals surface area contributed by atoms with E-state index in [4.69, 9.17) is 16.1 Å². The van der Waals surface area contributed by atoms with Crippen LogP contribution in [-0.2, 0) is 0 Å². The van der Waals surface area contributed by atoms with Crippen molar-refractivity contribution in [2.75, 3.05) is 6.61 Å². The maximum Gasteiger partial charge on any atom is 0.312 e. The van der Waals surface area contributed by atoms with E-state index in [0.29, 0.717) is 0 Å². The summed E-state index contributed by atoms with van der Waals surface area (Å²) in [5, 5.41) is 37.6. The number of nitrogens with two attached hydrogens (primary N) is 1. The second-order valence-electron chi connectivity index (χ2n) is 3.09. The molecule has 0 unspecified atom stereocenters.